The monoisotopic (exact) mass is 398 g/mol. The fourth-order valence-corrected chi connectivity index (χ4v) is 4.92. The lowest BCUT2D eigenvalue weighted by Crippen LogP contribution is -2.51. The van der Waals surface area contributed by atoms with Crippen molar-refractivity contribution in [2.24, 2.45) is 0 Å². The maximum atomic E-state index is 14.5. The molecule has 7 rings (SSSR count). The van der Waals surface area contributed by atoms with Crippen LogP contribution in [0.4, 0.5) is 14.7 Å². The minimum atomic E-state index is -2.97. The fraction of sp³-hybridized carbons (Fsp3) is 0.476. The number of aliphatic hydroxyl groups is 1. The Morgan fingerprint density at radius 2 is 2.00 bits per heavy atom. The molecule has 1 saturated carbocycles. The molecular weight excluding hydrogens is 378 g/mol. The van der Waals surface area contributed by atoms with Crippen molar-refractivity contribution in [2.45, 2.75) is 49.7 Å². The lowest BCUT2D eigenvalue weighted by atomic mass is 9.75. The van der Waals surface area contributed by atoms with Gasteiger partial charge in [-0.05, 0) is 42.9 Å². The number of amides is 1. The number of carbonyl (C=O) groups excluding carboxylic acids is 1. The quantitative estimate of drug-likeness (QED) is 0.812. The van der Waals surface area contributed by atoms with Gasteiger partial charge >= 0.3 is 0 Å². The highest BCUT2D eigenvalue weighted by Gasteiger charge is 2.44. The normalized spacial score (nSPS) is 26.7. The molecule has 1 saturated heterocycles. The van der Waals surface area contributed by atoms with Crippen molar-refractivity contribution in [3.8, 4) is 11.3 Å². The van der Waals surface area contributed by atoms with Crippen molar-refractivity contribution in [3.05, 3.63) is 40.6 Å². The van der Waals surface area contributed by atoms with Gasteiger partial charge < -0.3 is 15.3 Å². The van der Waals surface area contributed by atoms with Crippen LogP contribution in [-0.4, -0.2) is 46.2 Å². The smallest absolute Gasteiger partial charge is 0.290 e. The summed E-state index contributed by atoms with van der Waals surface area (Å²) in [6.45, 7) is 0.690. The van der Waals surface area contributed by atoms with Crippen molar-refractivity contribution < 1.29 is 18.7 Å². The fourth-order valence-electron chi connectivity index (χ4n) is 4.92. The molecule has 29 heavy (non-hydrogen) atoms. The Labute approximate surface area is 166 Å². The highest BCUT2D eigenvalue weighted by atomic mass is 19.3. The molecule has 2 aliphatic carbocycles. The summed E-state index contributed by atoms with van der Waals surface area (Å²) in [5.41, 5.74) is 3.21. The number of benzene rings is 1. The molecule has 0 unspecified atom stereocenters. The van der Waals surface area contributed by atoms with Gasteiger partial charge in [0.15, 0.2) is 0 Å². The molecule has 4 heterocycles. The Bertz CT molecular complexity index is 1050. The number of carbonyl (C=O) groups is 1. The largest absolute Gasteiger partial charge is 0.389 e. The number of fused-ring (bicyclic) bond motifs is 2. The van der Waals surface area contributed by atoms with E-state index in [-0.39, 0.29) is 36.4 Å². The molecule has 0 atom stereocenters. The van der Waals surface area contributed by atoms with E-state index in [1.807, 2.05) is 6.07 Å². The van der Waals surface area contributed by atoms with Gasteiger partial charge in [0.2, 0.25) is 5.95 Å². The maximum Gasteiger partial charge on any atom is 0.290 e. The molecule has 150 valence electrons. The molecular formula is C21H20F2N4O2. The summed E-state index contributed by atoms with van der Waals surface area (Å²) in [5, 5.41) is 12.6. The van der Waals surface area contributed by atoms with Crippen LogP contribution in [-0.2, 0) is 12.3 Å². The first-order valence-corrected chi connectivity index (χ1v) is 10.1. The lowest BCUT2D eigenvalue weighted by molar-refractivity contribution is -0.00597. The van der Waals surface area contributed by atoms with E-state index in [4.69, 9.17) is 0 Å². The van der Waals surface area contributed by atoms with E-state index in [0.29, 0.717) is 35.8 Å². The third-order valence-corrected chi connectivity index (χ3v) is 6.66. The zero-order valence-electron chi connectivity index (χ0n) is 15.7. The Morgan fingerprint density at radius 1 is 1.21 bits per heavy atom. The summed E-state index contributed by atoms with van der Waals surface area (Å²) in [4.78, 5) is 22.9. The zero-order valence-corrected chi connectivity index (χ0v) is 15.7. The number of aromatic nitrogens is 2. The summed E-state index contributed by atoms with van der Waals surface area (Å²) in [5.74, 6) is -2.48. The van der Waals surface area contributed by atoms with Crippen molar-refractivity contribution in [2.75, 3.05) is 18.0 Å². The summed E-state index contributed by atoms with van der Waals surface area (Å²) in [7, 11) is 0. The number of hydrogen-bond donors (Lipinski definition) is 2. The molecule has 0 spiro atoms. The molecule has 1 aromatic heterocycles. The molecule has 2 aromatic rings. The van der Waals surface area contributed by atoms with E-state index in [1.54, 1.807) is 17.0 Å². The molecule has 2 bridgehead atoms. The van der Waals surface area contributed by atoms with E-state index >= 15 is 0 Å². The standard InChI is InChI=1S/C21H20F2N4O2/c22-21(23)4-3-15-17(25-20(26-18(15)21)27-8-13(28)9-27)10-1-2-14-16(7-10)11-5-12(6-11)24-19(14)29/h1-2,7,11-13,28H,3-6,8-9H2,(H,24,29). The summed E-state index contributed by atoms with van der Waals surface area (Å²) in [6.07, 6.45) is 1.31. The molecule has 3 aliphatic heterocycles. The number of aliphatic hydroxyl groups excluding tert-OH is 1. The maximum absolute atomic E-state index is 14.5. The predicted molar refractivity (Wildman–Crippen MR) is 101 cm³/mol. The minimum Gasteiger partial charge on any atom is -0.389 e. The van der Waals surface area contributed by atoms with Gasteiger partial charge in [0.05, 0.1) is 11.8 Å². The first-order chi connectivity index (χ1) is 13.9. The van der Waals surface area contributed by atoms with E-state index in [0.717, 1.165) is 24.0 Å². The van der Waals surface area contributed by atoms with Crippen LogP contribution in [0, 0.1) is 0 Å². The van der Waals surface area contributed by atoms with Gasteiger partial charge in [0.1, 0.15) is 5.69 Å². The second-order valence-corrected chi connectivity index (χ2v) is 8.60. The van der Waals surface area contributed by atoms with Crippen LogP contribution in [0.5, 0.6) is 0 Å². The van der Waals surface area contributed by atoms with Crippen molar-refractivity contribution >= 4 is 11.9 Å². The minimum absolute atomic E-state index is 0.0637. The van der Waals surface area contributed by atoms with Crippen LogP contribution in [0.25, 0.3) is 11.3 Å². The highest BCUT2D eigenvalue weighted by molar-refractivity contribution is 5.97. The number of nitrogens with zero attached hydrogens (tertiary/aromatic N) is 3. The summed E-state index contributed by atoms with van der Waals surface area (Å²) in [6, 6.07) is 5.77. The molecule has 6 nitrogen and oxygen atoms in total. The van der Waals surface area contributed by atoms with Crippen LogP contribution < -0.4 is 10.2 Å². The lowest BCUT2D eigenvalue weighted by Gasteiger charge is -2.36. The van der Waals surface area contributed by atoms with E-state index in [2.05, 4.69) is 15.3 Å². The second-order valence-electron chi connectivity index (χ2n) is 8.60. The van der Waals surface area contributed by atoms with Crippen LogP contribution in [0.3, 0.4) is 0 Å². The third-order valence-electron chi connectivity index (χ3n) is 6.66. The summed E-state index contributed by atoms with van der Waals surface area (Å²) < 4.78 is 29.0. The van der Waals surface area contributed by atoms with Crippen molar-refractivity contribution in [3.63, 3.8) is 0 Å². The average molecular weight is 398 g/mol. The number of alkyl halides is 2. The van der Waals surface area contributed by atoms with Crippen molar-refractivity contribution in [1.29, 1.82) is 0 Å². The Kier molecular flexibility index (Phi) is 3.40. The number of hydrogen-bond acceptors (Lipinski definition) is 5. The van der Waals surface area contributed by atoms with Gasteiger partial charge in [-0.15, -0.1) is 0 Å². The number of anilines is 1. The Hall–Kier alpha value is -2.61. The van der Waals surface area contributed by atoms with Crippen LogP contribution >= 0.6 is 0 Å². The number of β-amino-alcohol motifs (C(OH)–C–C–N with tert-alkyl or cyclic N) is 1. The SMILES string of the molecule is O=C1NC2CC(C2)c2cc(-c3nc(N4CC(O)C4)nc4c3CCC4(F)F)ccc21. The molecule has 8 heteroatoms. The molecule has 1 amide bonds. The number of halogens is 2. The molecule has 2 fully saturated rings. The third kappa shape index (κ3) is 2.51. The molecule has 5 aliphatic rings. The van der Waals surface area contributed by atoms with E-state index in [1.165, 1.54) is 0 Å². The Morgan fingerprint density at radius 3 is 2.76 bits per heavy atom. The number of rotatable bonds is 2. The van der Waals surface area contributed by atoms with Gasteiger partial charge in [-0.2, -0.15) is 8.78 Å². The first kappa shape index (κ1) is 17.3. The summed E-state index contributed by atoms with van der Waals surface area (Å²) >= 11 is 0. The highest BCUT2D eigenvalue weighted by Crippen LogP contribution is 2.46. The van der Waals surface area contributed by atoms with Crippen LogP contribution in [0.2, 0.25) is 0 Å². The van der Waals surface area contributed by atoms with Gasteiger partial charge in [0, 0.05) is 42.2 Å². The molecule has 2 N–H and O–H groups in total. The van der Waals surface area contributed by atoms with Crippen molar-refractivity contribution in [1.82, 2.24) is 15.3 Å². The molecule has 0 radical (unpaired) electrons. The number of nitrogens with one attached hydrogen (secondary N) is 1. The second kappa shape index (κ2) is 5.72. The van der Waals surface area contributed by atoms with Gasteiger partial charge in [0.25, 0.3) is 11.8 Å². The van der Waals surface area contributed by atoms with Gasteiger partial charge in [-0.3, -0.25) is 4.79 Å². The average Bonchev–Trinajstić information content (AvgIpc) is 2.79. The van der Waals surface area contributed by atoms with Gasteiger partial charge in [-0.25, -0.2) is 9.97 Å². The first-order valence-electron chi connectivity index (χ1n) is 10.1. The predicted octanol–water partition coefficient (Wildman–Crippen LogP) is 2.35. The van der Waals surface area contributed by atoms with Crippen LogP contribution in [0.15, 0.2) is 18.2 Å². The topological polar surface area (TPSA) is 78.4 Å². The van der Waals surface area contributed by atoms with Crippen LogP contribution in [0.1, 0.15) is 52.4 Å². The Balaban J connectivity index is 1.50. The van der Waals surface area contributed by atoms with Gasteiger partial charge in [-0.1, -0.05) is 6.07 Å². The molecule has 1 aromatic carbocycles. The zero-order chi connectivity index (χ0) is 19.9. The van der Waals surface area contributed by atoms with E-state index in [9.17, 15) is 18.7 Å². The van der Waals surface area contributed by atoms with E-state index < -0.39 is 12.0 Å².